The van der Waals surface area contributed by atoms with Gasteiger partial charge in [-0.3, -0.25) is 9.59 Å². The van der Waals surface area contributed by atoms with E-state index >= 15 is 0 Å². The van der Waals surface area contributed by atoms with Crippen molar-refractivity contribution in [3.63, 3.8) is 0 Å². The standard InChI is InChI=1S/C22H22FN5O3S2/c1-13-20(33-27-26-13)21(30)28-9-3-4-15(11-28)19-17(14-5-7-16(23)8-6-14)10-24-22(25-19)32-12-18(29)31-2/h5-8,10,15H,3-4,9,11-12H2,1-2H3/t15-/m1/s1. The second-order valence-electron chi connectivity index (χ2n) is 7.60. The van der Waals surface area contributed by atoms with E-state index in [4.69, 9.17) is 9.72 Å². The molecule has 3 aromatic rings. The van der Waals surface area contributed by atoms with Crippen molar-refractivity contribution in [2.24, 2.45) is 0 Å². The highest BCUT2D eigenvalue weighted by Crippen LogP contribution is 2.35. The van der Waals surface area contributed by atoms with Gasteiger partial charge in [0, 0.05) is 30.8 Å². The molecule has 3 heterocycles. The Balaban J connectivity index is 1.65. The normalized spacial score (nSPS) is 16.0. The number of halogens is 1. The highest BCUT2D eigenvalue weighted by Gasteiger charge is 2.30. The Hall–Kier alpha value is -2.92. The first-order valence-corrected chi connectivity index (χ1v) is 12.1. The Morgan fingerprint density at radius 1 is 1.30 bits per heavy atom. The predicted molar refractivity (Wildman–Crippen MR) is 123 cm³/mol. The minimum Gasteiger partial charge on any atom is -0.468 e. The molecule has 4 rings (SSSR count). The molecule has 1 aliphatic rings. The molecule has 0 spiro atoms. The largest absolute Gasteiger partial charge is 0.468 e. The molecule has 0 saturated carbocycles. The summed E-state index contributed by atoms with van der Waals surface area (Å²) >= 11 is 2.30. The maximum atomic E-state index is 13.5. The number of hydrogen-bond acceptors (Lipinski definition) is 9. The van der Waals surface area contributed by atoms with Gasteiger partial charge in [0.1, 0.15) is 10.7 Å². The van der Waals surface area contributed by atoms with Gasteiger partial charge in [0.15, 0.2) is 5.16 Å². The molecular formula is C22H22FN5O3S2. The van der Waals surface area contributed by atoms with Crippen LogP contribution in [0, 0.1) is 12.7 Å². The summed E-state index contributed by atoms with van der Waals surface area (Å²) in [5, 5.41) is 4.40. The van der Waals surface area contributed by atoms with Gasteiger partial charge in [-0.05, 0) is 49.0 Å². The van der Waals surface area contributed by atoms with E-state index in [0.29, 0.717) is 28.8 Å². The van der Waals surface area contributed by atoms with Crippen LogP contribution in [-0.4, -0.2) is 62.3 Å². The van der Waals surface area contributed by atoms with Crippen LogP contribution >= 0.6 is 23.3 Å². The molecule has 1 atom stereocenters. The van der Waals surface area contributed by atoms with Crippen molar-refractivity contribution in [1.29, 1.82) is 0 Å². The van der Waals surface area contributed by atoms with E-state index in [9.17, 15) is 14.0 Å². The summed E-state index contributed by atoms with van der Waals surface area (Å²) in [5.41, 5.74) is 2.98. The second kappa shape index (κ2) is 10.3. The van der Waals surface area contributed by atoms with Crippen LogP contribution in [0.15, 0.2) is 35.6 Å². The number of methoxy groups -OCH3 is 1. The maximum absolute atomic E-state index is 13.5. The van der Waals surface area contributed by atoms with Gasteiger partial charge >= 0.3 is 5.97 Å². The number of hydrogen-bond donors (Lipinski definition) is 0. The van der Waals surface area contributed by atoms with Gasteiger partial charge in [0.25, 0.3) is 5.91 Å². The molecule has 11 heteroatoms. The molecule has 2 aromatic heterocycles. The van der Waals surface area contributed by atoms with Gasteiger partial charge in [-0.25, -0.2) is 14.4 Å². The van der Waals surface area contributed by atoms with Gasteiger partial charge in [-0.15, -0.1) is 5.10 Å². The van der Waals surface area contributed by atoms with Gasteiger partial charge in [0.05, 0.1) is 24.3 Å². The number of ether oxygens (including phenoxy) is 1. The number of carbonyl (C=O) groups is 2. The van der Waals surface area contributed by atoms with E-state index < -0.39 is 0 Å². The number of carbonyl (C=O) groups excluding carboxylic acids is 2. The third-order valence-electron chi connectivity index (χ3n) is 5.44. The fourth-order valence-corrected chi connectivity index (χ4v) is 5.03. The van der Waals surface area contributed by atoms with Crippen molar-refractivity contribution < 1.29 is 18.7 Å². The average molecular weight is 488 g/mol. The van der Waals surface area contributed by atoms with E-state index in [1.165, 1.54) is 31.0 Å². The zero-order chi connectivity index (χ0) is 23.4. The molecule has 1 saturated heterocycles. The Morgan fingerprint density at radius 2 is 2.09 bits per heavy atom. The van der Waals surface area contributed by atoms with Crippen molar-refractivity contribution in [1.82, 2.24) is 24.5 Å². The lowest BCUT2D eigenvalue weighted by Gasteiger charge is -2.33. The number of esters is 1. The third kappa shape index (κ3) is 5.36. The predicted octanol–water partition coefficient (Wildman–Crippen LogP) is 3.73. The molecule has 1 amide bonds. The minimum atomic E-state index is -0.365. The first kappa shape index (κ1) is 23.2. The highest BCUT2D eigenvalue weighted by molar-refractivity contribution is 7.99. The van der Waals surface area contributed by atoms with Crippen LogP contribution in [0.2, 0.25) is 0 Å². The highest BCUT2D eigenvalue weighted by atomic mass is 32.2. The summed E-state index contributed by atoms with van der Waals surface area (Å²) < 4.78 is 22.1. The minimum absolute atomic E-state index is 0.0376. The van der Waals surface area contributed by atoms with Crippen LogP contribution in [0.3, 0.4) is 0 Å². The lowest BCUT2D eigenvalue weighted by molar-refractivity contribution is -0.137. The van der Waals surface area contributed by atoms with Crippen molar-refractivity contribution in [3.8, 4) is 11.1 Å². The lowest BCUT2D eigenvalue weighted by Crippen LogP contribution is -2.39. The molecular weight excluding hydrogens is 465 g/mol. The van der Waals surface area contributed by atoms with E-state index in [-0.39, 0.29) is 29.4 Å². The number of piperidine rings is 1. The number of amides is 1. The summed E-state index contributed by atoms with van der Waals surface area (Å²) in [6.45, 7) is 2.91. The van der Waals surface area contributed by atoms with E-state index in [1.807, 2.05) is 4.90 Å². The molecule has 0 radical (unpaired) electrons. The molecule has 0 aliphatic carbocycles. The molecule has 0 bridgehead atoms. The number of benzene rings is 1. The van der Waals surface area contributed by atoms with Crippen LogP contribution in [0.4, 0.5) is 4.39 Å². The first-order chi connectivity index (χ1) is 16.0. The molecule has 0 N–H and O–H groups in total. The molecule has 8 nitrogen and oxygen atoms in total. The SMILES string of the molecule is COC(=O)CSc1ncc(-c2ccc(F)cc2)c([C@@H]2CCCN(C(=O)c3snnc3C)C2)n1. The summed E-state index contributed by atoms with van der Waals surface area (Å²) in [7, 11) is 1.33. The number of nitrogens with zero attached hydrogens (tertiary/aromatic N) is 5. The number of thioether (sulfide) groups is 1. The lowest BCUT2D eigenvalue weighted by atomic mass is 9.90. The van der Waals surface area contributed by atoms with Gasteiger partial charge in [-0.2, -0.15) is 0 Å². The van der Waals surface area contributed by atoms with Crippen LogP contribution in [-0.2, 0) is 9.53 Å². The molecule has 0 unspecified atom stereocenters. The first-order valence-electron chi connectivity index (χ1n) is 10.4. The Bertz CT molecular complexity index is 1160. The van der Waals surface area contributed by atoms with Crippen molar-refractivity contribution in [2.75, 3.05) is 26.0 Å². The number of rotatable bonds is 6. The molecule has 1 aromatic carbocycles. The fourth-order valence-electron chi connectivity index (χ4n) is 3.75. The molecule has 33 heavy (non-hydrogen) atoms. The van der Waals surface area contributed by atoms with Crippen molar-refractivity contribution in [2.45, 2.75) is 30.8 Å². The van der Waals surface area contributed by atoms with Gasteiger partial charge in [-0.1, -0.05) is 28.4 Å². The summed E-state index contributed by atoms with van der Waals surface area (Å²) in [6.07, 6.45) is 3.36. The van der Waals surface area contributed by atoms with E-state index in [2.05, 4.69) is 14.6 Å². The topological polar surface area (TPSA) is 98.2 Å². The van der Waals surface area contributed by atoms with E-state index in [1.54, 1.807) is 25.3 Å². The zero-order valence-corrected chi connectivity index (χ0v) is 19.8. The smallest absolute Gasteiger partial charge is 0.316 e. The Morgan fingerprint density at radius 3 is 2.79 bits per heavy atom. The zero-order valence-electron chi connectivity index (χ0n) is 18.2. The van der Waals surface area contributed by atoms with Crippen LogP contribution < -0.4 is 0 Å². The number of likely N-dealkylation sites (tertiary alicyclic amines) is 1. The molecule has 1 aliphatic heterocycles. The quantitative estimate of drug-likeness (QED) is 0.295. The maximum Gasteiger partial charge on any atom is 0.316 e. The molecule has 172 valence electrons. The van der Waals surface area contributed by atoms with E-state index in [0.717, 1.165) is 41.2 Å². The Kier molecular flexibility index (Phi) is 7.29. The number of aryl methyl sites for hydroxylation is 1. The monoisotopic (exact) mass is 487 g/mol. The second-order valence-corrected chi connectivity index (χ2v) is 9.30. The average Bonchev–Trinajstić information content (AvgIpc) is 3.28. The third-order valence-corrected chi connectivity index (χ3v) is 7.09. The van der Waals surface area contributed by atoms with Crippen LogP contribution in [0.1, 0.15) is 39.8 Å². The number of aromatic nitrogens is 4. The Labute approximate surface area is 198 Å². The van der Waals surface area contributed by atoms with Crippen LogP contribution in [0.25, 0.3) is 11.1 Å². The summed E-state index contributed by atoms with van der Waals surface area (Å²) in [4.78, 5) is 36.1. The van der Waals surface area contributed by atoms with Gasteiger partial charge in [0.2, 0.25) is 0 Å². The summed E-state index contributed by atoms with van der Waals surface area (Å²) in [6, 6.07) is 6.18. The van der Waals surface area contributed by atoms with Gasteiger partial charge < -0.3 is 9.64 Å². The molecule has 1 fully saturated rings. The van der Waals surface area contributed by atoms with Crippen molar-refractivity contribution in [3.05, 3.63) is 52.5 Å². The van der Waals surface area contributed by atoms with Crippen LogP contribution in [0.5, 0.6) is 0 Å². The van der Waals surface area contributed by atoms with Crippen molar-refractivity contribution >= 4 is 35.2 Å². The summed E-state index contributed by atoms with van der Waals surface area (Å²) in [5.74, 6) is -0.710. The fraction of sp³-hybridized carbons (Fsp3) is 0.364.